The van der Waals surface area contributed by atoms with E-state index in [1.807, 2.05) is 6.07 Å². The maximum Gasteiger partial charge on any atom is 0.306 e. The number of aromatic nitrogens is 2. The van der Waals surface area contributed by atoms with Gasteiger partial charge in [-0.25, -0.2) is 0 Å². The number of nitrogens with zero attached hydrogens (tertiary/aromatic N) is 2. The lowest BCUT2D eigenvalue weighted by Crippen LogP contribution is -2.32. The third-order valence-electron chi connectivity index (χ3n) is 4.70. The van der Waals surface area contributed by atoms with Crippen LogP contribution in [0.1, 0.15) is 43.6 Å². The molecular formula is C22H23Cl2N3O5. The lowest BCUT2D eigenvalue weighted by atomic mass is 9.94. The molecule has 0 spiro atoms. The highest BCUT2D eigenvalue weighted by Gasteiger charge is 2.17. The van der Waals surface area contributed by atoms with Crippen LogP contribution >= 0.6 is 23.2 Å². The zero-order valence-corrected chi connectivity index (χ0v) is 19.0. The van der Waals surface area contributed by atoms with Gasteiger partial charge in [0.1, 0.15) is 0 Å². The lowest BCUT2D eigenvalue weighted by molar-refractivity contribution is -0.148. The second-order valence-corrected chi connectivity index (χ2v) is 7.95. The maximum atomic E-state index is 12.1. The van der Waals surface area contributed by atoms with Crippen LogP contribution in [0, 0.1) is 0 Å². The molecule has 0 saturated carbocycles. The number of halogens is 2. The van der Waals surface area contributed by atoms with Gasteiger partial charge in [-0.1, -0.05) is 47.8 Å². The summed E-state index contributed by atoms with van der Waals surface area (Å²) in [5.41, 5.74) is 0.920. The molecule has 0 saturated heterocycles. The van der Waals surface area contributed by atoms with Gasteiger partial charge in [-0.15, -0.1) is 0 Å². The number of amides is 1. The Hall–Kier alpha value is -2.84. The van der Waals surface area contributed by atoms with Gasteiger partial charge in [-0.3, -0.25) is 9.59 Å². The van der Waals surface area contributed by atoms with Gasteiger partial charge in [0.05, 0.1) is 12.7 Å². The average Bonchev–Trinajstić information content (AvgIpc) is 3.46. The standard InChI is InChI=1S/C22H23Cl2N3O5/c1-2-4-14(16-7-6-15(23)11-17(16)24)12-25-19(28)13-31-21(29)9-8-20-26-22(27-32-20)18-5-3-10-30-18/h3,5-7,10-11,14H,2,4,8-9,12-13H2,1H3,(H,25,28). The van der Waals surface area contributed by atoms with E-state index in [0.29, 0.717) is 28.2 Å². The van der Waals surface area contributed by atoms with Crippen LogP contribution in [0.2, 0.25) is 10.0 Å². The summed E-state index contributed by atoms with van der Waals surface area (Å²) < 4.78 is 15.3. The summed E-state index contributed by atoms with van der Waals surface area (Å²) in [6.45, 7) is 2.07. The highest BCUT2D eigenvalue weighted by molar-refractivity contribution is 6.35. The zero-order valence-electron chi connectivity index (χ0n) is 17.5. The van der Waals surface area contributed by atoms with Gasteiger partial charge in [-0.05, 0) is 36.2 Å². The van der Waals surface area contributed by atoms with Crippen molar-refractivity contribution in [3.63, 3.8) is 0 Å². The fourth-order valence-electron chi connectivity index (χ4n) is 3.13. The predicted octanol–water partition coefficient (Wildman–Crippen LogP) is 4.81. The quantitative estimate of drug-likeness (QED) is 0.393. The molecule has 1 amide bonds. The van der Waals surface area contributed by atoms with E-state index in [4.69, 9.17) is 36.9 Å². The number of carbonyl (C=O) groups is 2. The Kier molecular flexibility index (Phi) is 8.70. The summed E-state index contributed by atoms with van der Waals surface area (Å²) in [7, 11) is 0. The maximum absolute atomic E-state index is 12.1. The number of rotatable bonds is 11. The molecule has 10 heteroatoms. The normalized spacial score (nSPS) is 11.8. The van der Waals surface area contributed by atoms with Crippen molar-refractivity contribution in [2.75, 3.05) is 13.2 Å². The molecule has 0 aliphatic heterocycles. The van der Waals surface area contributed by atoms with Crippen LogP contribution in [0.3, 0.4) is 0 Å². The van der Waals surface area contributed by atoms with Crippen LogP contribution in [0.5, 0.6) is 0 Å². The average molecular weight is 480 g/mol. The minimum absolute atomic E-state index is 0.00586. The van der Waals surface area contributed by atoms with Gasteiger partial charge < -0.3 is 19.0 Å². The molecule has 1 atom stereocenters. The monoisotopic (exact) mass is 479 g/mol. The van der Waals surface area contributed by atoms with Crippen molar-refractivity contribution < 1.29 is 23.3 Å². The van der Waals surface area contributed by atoms with Crippen molar-refractivity contribution in [2.24, 2.45) is 0 Å². The molecule has 1 N–H and O–H groups in total. The van der Waals surface area contributed by atoms with Gasteiger partial charge >= 0.3 is 5.97 Å². The van der Waals surface area contributed by atoms with E-state index in [1.54, 1.807) is 24.3 Å². The topological polar surface area (TPSA) is 107 Å². The second-order valence-electron chi connectivity index (χ2n) is 7.11. The second kappa shape index (κ2) is 11.7. The van der Waals surface area contributed by atoms with Crippen molar-refractivity contribution in [1.29, 1.82) is 0 Å². The first kappa shape index (κ1) is 23.8. The molecule has 0 aliphatic carbocycles. The molecule has 1 unspecified atom stereocenters. The Morgan fingerprint density at radius 3 is 2.81 bits per heavy atom. The van der Waals surface area contributed by atoms with Crippen molar-refractivity contribution in [2.45, 2.75) is 38.5 Å². The molecule has 0 bridgehead atoms. The van der Waals surface area contributed by atoms with E-state index in [1.165, 1.54) is 6.26 Å². The van der Waals surface area contributed by atoms with Gasteiger partial charge in [0.15, 0.2) is 12.4 Å². The Morgan fingerprint density at radius 1 is 1.25 bits per heavy atom. The largest absolute Gasteiger partial charge is 0.461 e. The van der Waals surface area contributed by atoms with Gasteiger partial charge in [-0.2, -0.15) is 4.98 Å². The zero-order chi connectivity index (χ0) is 22.9. The number of furan rings is 1. The van der Waals surface area contributed by atoms with Gasteiger partial charge in [0.25, 0.3) is 5.91 Å². The molecular weight excluding hydrogens is 457 g/mol. The first-order valence-corrected chi connectivity index (χ1v) is 11.0. The molecule has 3 rings (SSSR count). The summed E-state index contributed by atoms with van der Waals surface area (Å²) in [5.74, 6) is 0.164. The van der Waals surface area contributed by atoms with E-state index < -0.39 is 5.97 Å². The molecule has 0 fully saturated rings. The first-order valence-electron chi connectivity index (χ1n) is 10.2. The predicted molar refractivity (Wildman–Crippen MR) is 118 cm³/mol. The molecule has 32 heavy (non-hydrogen) atoms. The molecule has 170 valence electrons. The third-order valence-corrected chi connectivity index (χ3v) is 5.26. The summed E-state index contributed by atoms with van der Waals surface area (Å²) in [6, 6.07) is 8.74. The van der Waals surface area contributed by atoms with E-state index >= 15 is 0 Å². The van der Waals surface area contributed by atoms with Crippen LogP contribution in [0.25, 0.3) is 11.6 Å². The van der Waals surface area contributed by atoms with Crippen LogP contribution < -0.4 is 5.32 Å². The van der Waals surface area contributed by atoms with Crippen molar-refractivity contribution >= 4 is 35.1 Å². The molecule has 2 heterocycles. The summed E-state index contributed by atoms with van der Waals surface area (Å²) in [4.78, 5) is 28.2. The number of hydrogen-bond donors (Lipinski definition) is 1. The number of esters is 1. The number of ether oxygens (including phenoxy) is 1. The van der Waals surface area contributed by atoms with Crippen LogP contribution in [-0.4, -0.2) is 35.2 Å². The summed E-state index contributed by atoms with van der Waals surface area (Å²) in [5, 5.41) is 7.71. The fourth-order valence-corrected chi connectivity index (χ4v) is 3.69. The number of benzene rings is 1. The Morgan fingerprint density at radius 2 is 2.09 bits per heavy atom. The van der Waals surface area contributed by atoms with Crippen LogP contribution in [0.15, 0.2) is 45.5 Å². The van der Waals surface area contributed by atoms with Crippen LogP contribution in [-0.2, 0) is 20.7 Å². The lowest BCUT2D eigenvalue weighted by Gasteiger charge is -2.19. The number of hydrogen-bond acceptors (Lipinski definition) is 7. The van der Waals surface area contributed by atoms with Crippen LogP contribution in [0.4, 0.5) is 0 Å². The molecule has 3 aromatic rings. The smallest absolute Gasteiger partial charge is 0.306 e. The third kappa shape index (κ3) is 6.83. The molecule has 0 radical (unpaired) electrons. The number of nitrogens with one attached hydrogen (secondary N) is 1. The summed E-state index contributed by atoms with van der Waals surface area (Å²) >= 11 is 12.3. The van der Waals surface area contributed by atoms with Crippen molar-refractivity contribution in [3.05, 3.63) is 58.1 Å². The Labute approximate surface area is 195 Å². The molecule has 0 aliphatic rings. The molecule has 1 aromatic carbocycles. The SMILES string of the molecule is CCCC(CNC(=O)COC(=O)CCc1nc(-c2ccco2)no1)c1ccc(Cl)cc1Cl. The first-order chi connectivity index (χ1) is 15.5. The van der Waals surface area contributed by atoms with Crippen molar-refractivity contribution in [1.82, 2.24) is 15.5 Å². The minimum atomic E-state index is -0.538. The van der Waals surface area contributed by atoms with E-state index in [2.05, 4.69) is 22.4 Å². The van der Waals surface area contributed by atoms with Crippen molar-refractivity contribution in [3.8, 4) is 11.6 Å². The number of carbonyl (C=O) groups excluding carboxylic acids is 2. The Balaban J connectivity index is 1.41. The molecule has 2 aromatic heterocycles. The van der Waals surface area contributed by atoms with E-state index in [0.717, 1.165) is 18.4 Å². The van der Waals surface area contributed by atoms with Gasteiger partial charge in [0.2, 0.25) is 11.7 Å². The Bertz CT molecular complexity index is 1040. The minimum Gasteiger partial charge on any atom is -0.461 e. The fraction of sp³-hybridized carbons (Fsp3) is 0.364. The highest BCUT2D eigenvalue weighted by Crippen LogP contribution is 2.30. The van der Waals surface area contributed by atoms with E-state index in [-0.39, 0.29) is 37.2 Å². The van der Waals surface area contributed by atoms with Gasteiger partial charge in [0, 0.05) is 28.9 Å². The highest BCUT2D eigenvalue weighted by atomic mass is 35.5. The molecule has 8 nitrogen and oxygen atoms in total. The van der Waals surface area contributed by atoms with E-state index in [9.17, 15) is 9.59 Å². The summed E-state index contributed by atoms with van der Waals surface area (Å²) in [6.07, 6.45) is 3.47. The number of aryl methyl sites for hydroxylation is 1.